The van der Waals surface area contributed by atoms with Crippen molar-refractivity contribution < 1.29 is 17.9 Å². The summed E-state index contributed by atoms with van der Waals surface area (Å²) < 4.78 is 33.4. The summed E-state index contributed by atoms with van der Waals surface area (Å²) in [4.78, 5) is 16.3. The van der Waals surface area contributed by atoms with Crippen molar-refractivity contribution in [2.24, 2.45) is 0 Å². The molecule has 2 aliphatic heterocycles. The van der Waals surface area contributed by atoms with Crippen molar-refractivity contribution in [2.45, 2.75) is 42.7 Å². The lowest BCUT2D eigenvalue weighted by molar-refractivity contribution is 0.0540. The number of sulfonamides is 1. The van der Waals surface area contributed by atoms with Gasteiger partial charge in [0.05, 0.1) is 14.4 Å². The van der Waals surface area contributed by atoms with Crippen molar-refractivity contribution >= 4 is 73.8 Å². The van der Waals surface area contributed by atoms with Gasteiger partial charge in [0.15, 0.2) is 0 Å². The van der Waals surface area contributed by atoms with Gasteiger partial charge in [0.1, 0.15) is 21.1 Å². The molecule has 0 saturated carbocycles. The molecule has 186 valence electrons. The van der Waals surface area contributed by atoms with Gasteiger partial charge >= 0.3 is 6.03 Å². The fourth-order valence-corrected chi connectivity index (χ4v) is 7.69. The maximum absolute atomic E-state index is 12.6. The highest BCUT2D eigenvalue weighted by atomic mass is 35.5. The number of piperidine rings is 2. The minimum Gasteiger partial charge on any atom is -0.490 e. The monoisotopic (exact) mass is 585 g/mol. The predicted molar refractivity (Wildman–Crippen MR) is 136 cm³/mol. The second-order valence-electron chi connectivity index (χ2n) is 8.25. The van der Waals surface area contributed by atoms with E-state index in [9.17, 15) is 13.2 Å². The normalized spacial score (nSPS) is 18.8. The van der Waals surface area contributed by atoms with Crippen LogP contribution in [0.4, 0.5) is 4.79 Å². The van der Waals surface area contributed by atoms with Crippen LogP contribution in [0.5, 0.6) is 5.75 Å². The van der Waals surface area contributed by atoms with E-state index in [-0.39, 0.29) is 19.7 Å². The first-order valence-corrected chi connectivity index (χ1v) is 14.6. The number of nitrogens with one attached hydrogen (secondary N) is 1. The zero-order valence-corrected chi connectivity index (χ0v) is 22.6. The number of halogens is 4. The van der Waals surface area contributed by atoms with Crippen LogP contribution in [0.15, 0.2) is 29.2 Å². The number of carbonyl (C=O) groups is 1. The summed E-state index contributed by atoms with van der Waals surface area (Å²) in [6, 6.07) is 6.22. The number of amides is 2. The first-order valence-electron chi connectivity index (χ1n) is 10.7. The second kappa shape index (κ2) is 11.0. The Hall–Kier alpha value is -0.940. The molecular formula is C21H23Cl4N3O4S2. The van der Waals surface area contributed by atoms with Crippen molar-refractivity contribution in [1.82, 2.24) is 14.5 Å². The van der Waals surface area contributed by atoms with Gasteiger partial charge in [-0.1, -0.05) is 46.4 Å². The summed E-state index contributed by atoms with van der Waals surface area (Å²) in [5.74, 6) is 0.716. The largest absolute Gasteiger partial charge is 0.490 e. The second-order valence-corrected chi connectivity index (χ2v) is 13.0. The van der Waals surface area contributed by atoms with Crippen LogP contribution >= 0.6 is 57.7 Å². The molecule has 0 atom stereocenters. The van der Waals surface area contributed by atoms with E-state index < -0.39 is 16.1 Å². The maximum Gasteiger partial charge on any atom is 0.331 e. The van der Waals surface area contributed by atoms with Gasteiger partial charge in [-0.3, -0.25) is 4.90 Å². The molecule has 1 aromatic heterocycles. The van der Waals surface area contributed by atoms with E-state index in [4.69, 9.17) is 51.1 Å². The number of hydrogen-bond donors (Lipinski definition) is 1. The Kier molecular flexibility index (Phi) is 8.44. The smallest absolute Gasteiger partial charge is 0.331 e. The lowest BCUT2D eigenvalue weighted by atomic mass is 9.99. The molecule has 2 aromatic rings. The molecule has 4 rings (SSSR count). The zero-order valence-electron chi connectivity index (χ0n) is 18.0. The van der Waals surface area contributed by atoms with Gasteiger partial charge in [-0.15, -0.1) is 11.3 Å². The molecule has 3 heterocycles. The number of thiophene rings is 1. The Bertz CT molecular complexity index is 1140. The van der Waals surface area contributed by atoms with E-state index >= 15 is 0 Å². The molecule has 2 saturated heterocycles. The maximum atomic E-state index is 12.6. The van der Waals surface area contributed by atoms with Crippen LogP contribution in [-0.2, 0) is 10.0 Å². The number of rotatable bonds is 5. The van der Waals surface area contributed by atoms with Gasteiger partial charge in [0.25, 0.3) is 10.0 Å². The summed E-state index contributed by atoms with van der Waals surface area (Å²) >= 11 is 24.7. The Labute approximate surface area is 222 Å². The highest BCUT2D eigenvalue weighted by Crippen LogP contribution is 2.34. The van der Waals surface area contributed by atoms with Gasteiger partial charge in [0.2, 0.25) is 0 Å². The zero-order chi connectivity index (χ0) is 24.5. The third kappa shape index (κ3) is 6.24. The minimum absolute atomic E-state index is 0.0237. The molecule has 1 N–H and O–H groups in total. The fraction of sp³-hybridized carbons (Fsp3) is 0.476. The van der Waals surface area contributed by atoms with Gasteiger partial charge in [-0.05, 0) is 43.9 Å². The Balaban J connectivity index is 1.23. The number of nitrogens with zero attached hydrogens (tertiary/aromatic N) is 2. The predicted octanol–water partition coefficient (Wildman–Crippen LogP) is 5.77. The Morgan fingerprint density at radius 2 is 1.65 bits per heavy atom. The molecule has 13 heteroatoms. The molecule has 0 bridgehead atoms. The molecule has 0 spiro atoms. The van der Waals surface area contributed by atoms with Gasteiger partial charge in [-0.2, -0.15) is 0 Å². The highest BCUT2D eigenvalue weighted by Gasteiger charge is 2.32. The van der Waals surface area contributed by atoms with Gasteiger partial charge < -0.3 is 9.64 Å². The van der Waals surface area contributed by atoms with Crippen LogP contribution in [0.25, 0.3) is 0 Å². The number of likely N-dealkylation sites (tertiary alicyclic amines) is 2. The van der Waals surface area contributed by atoms with Crippen molar-refractivity contribution in [3.05, 3.63) is 43.0 Å². The van der Waals surface area contributed by atoms with Crippen LogP contribution in [-0.4, -0.2) is 62.6 Å². The van der Waals surface area contributed by atoms with E-state index in [0.29, 0.717) is 34.9 Å². The minimum atomic E-state index is -4.08. The van der Waals surface area contributed by atoms with Gasteiger partial charge in [-0.25, -0.2) is 17.9 Å². The van der Waals surface area contributed by atoms with Crippen molar-refractivity contribution in [1.29, 1.82) is 0 Å². The van der Waals surface area contributed by atoms with Crippen LogP contribution in [0, 0.1) is 0 Å². The molecule has 0 radical (unpaired) electrons. The van der Waals surface area contributed by atoms with Crippen LogP contribution < -0.4 is 9.46 Å². The Morgan fingerprint density at radius 3 is 2.24 bits per heavy atom. The summed E-state index contributed by atoms with van der Waals surface area (Å²) in [7, 11) is -4.08. The van der Waals surface area contributed by atoms with E-state index in [1.807, 2.05) is 6.07 Å². The molecule has 7 nitrogen and oxygen atoms in total. The molecule has 34 heavy (non-hydrogen) atoms. The lowest BCUT2D eigenvalue weighted by Crippen LogP contribution is -2.52. The summed E-state index contributed by atoms with van der Waals surface area (Å²) in [6.07, 6.45) is 3.45. The number of hydrogen-bond acceptors (Lipinski definition) is 6. The van der Waals surface area contributed by atoms with E-state index in [2.05, 4.69) is 9.62 Å². The molecule has 0 aliphatic carbocycles. The van der Waals surface area contributed by atoms with E-state index in [0.717, 1.165) is 50.1 Å². The van der Waals surface area contributed by atoms with Crippen LogP contribution in [0.3, 0.4) is 0 Å². The van der Waals surface area contributed by atoms with Crippen molar-refractivity contribution in [3.63, 3.8) is 0 Å². The average molecular weight is 587 g/mol. The van der Waals surface area contributed by atoms with Crippen molar-refractivity contribution in [2.75, 3.05) is 26.2 Å². The van der Waals surface area contributed by atoms with Gasteiger partial charge in [0, 0.05) is 38.3 Å². The highest BCUT2D eigenvalue weighted by molar-refractivity contribution is 7.90. The molecule has 2 fully saturated rings. The molecular weight excluding hydrogens is 564 g/mol. The standard InChI is InChI=1S/C21H23Cl4N3O4S2/c22-16-2-1-15(11-17(16)23)32-14-5-9-27(10-6-14)13-3-7-28(8-4-13)21(29)26-34(30,31)18-12-19(24)33-20(18)25/h1-2,11-14H,3-10H2,(H,26,29). The molecule has 0 unspecified atom stereocenters. The molecule has 2 aliphatic rings. The first kappa shape index (κ1) is 26.1. The van der Waals surface area contributed by atoms with E-state index in [1.165, 1.54) is 11.0 Å². The average Bonchev–Trinajstić information content (AvgIpc) is 3.15. The summed E-state index contributed by atoms with van der Waals surface area (Å²) in [5, 5.41) is 0.975. The molecule has 2 amide bonds. The van der Waals surface area contributed by atoms with E-state index in [1.54, 1.807) is 12.1 Å². The number of benzene rings is 1. The summed E-state index contributed by atoms with van der Waals surface area (Å²) in [5.41, 5.74) is 0. The first-order chi connectivity index (χ1) is 16.1. The van der Waals surface area contributed by atoms with Crippen LogP contribution in [0.1, 0.15) is 25.7 Å². The number of ether oxygens (including phenoxy) is 1. The summed E-state index contributed by atoms with van der Waals surface area (Å²) in [6.45, 7) is 2.75. The fourth-order valence-electron chi connectivity index (χ4n) is 4.28. The van der Waals surface area contributed by atoms with Crippen LogP contribution in [0.2, 0.25) is 18.7 Å². The lowest BCUT2D eigenvalue weighted by Gasteiger charge is -2.41. The number of carbonyl (C=O) groups excluding carboxylic acids is 1. The third-order valence-corrected chi connectivity index (χ3v) is 9.89. The SMILES string of the molecule is O=C(NS(=O)(=O)c1cc(Cl)sc1Cl)N1CCC(N2CCC(Oc3ccc(Cl)c(Cl)c3)CC2)CC1. The van der Waals surface area contributed by atoms with Crippen molar-refractivity contribution in [3.8, 4) is 5.75 Å². The quantitative estimate of drug-likeness (QED) is 0.481. The topological polar surface area (TPSA) is 79.0 Å². The third-order valence-electron chi connectivity index (χ3n) is 6.08. The number of urea groups is 1. The molecule has 1 aromatic carbocycles. The Morgan fingerprint density at radius 1 is 0.971 bits per heavy atom.